The van der Waals surface area contributed by atoms with Crippen LogP contribution in [0.5, 0.6) is 5.88 Å². The van der Waals surface area contributed by atoms with E-state index in [1.165, 1.54) is 11.8 Å². The minimum absolute atomic E-state index is 0.188. The Balaban J connectivity index is 2.85. The van der Waals surface area contributed by atoms with Gasteiger partial charge in [-0.3, -0.25) is 9.78 Å². The third kappa shape index (κ3) is 2.38. The van der Waals surface area contributed by atoms with Crippen molar-refractivity contribution in [2.45, 2.75) is 24.7 Å². The van der Waals surface area contributed by atoms with Crippen LogP contribution >= 0.6 is 11.8 Å². The molecule has 1 aromatic carbocycles. The second-order valence-corrected chi connectivity index (χ2v) is 5.51. The van der Waals surface area contributed by atoms with Gasteiger partial charge < -0.3 is 5.11 Å². The highest BCUT2D eigenvalue weighted by Gasteiger charge is 2.19. The number of aromatic hydroxyl groups is 1. The molecule has 0 saturated carbocycles. The van der Waals surface area contributed by atoms with Crippen molar-refractivity contribution in [2.75, 3.05) is 6.26 Å². The van der Waals surface area contributed by atoms with Crippen LogP contribution in [-0.2, 0) is 0 Å². The first kappa shape index (κ1) is 14.5. The van der Waals surface area contributed by atoms with E-state index in [-0.39, 0.29) is 17.4 Å². The largest absolute Gasteiger partial charge is 0.494 e. The Morgan fingerprint density at radius 3 is 2.50 bits per heavy atom. The van der Waals surface area contributed by atoms with Gasteiger partial charge in [0.05, 0.1) is 11.3 Å². The normalized spacial score (nSPS) is 11.0. The molecule has 0 atom stereocenters. The molecule has 0 radical (unpaired) electrons. The van der Waals surface area contributed by atoms with Crippen LogP contribution in [0.15, 0.2) is 38.8 Å². The summed E-state index contributed by atoms with van der Waals surface area (Å²) in [7, 11) is 0. The highest BCUT2D eigenvalue weighted by Crippen LogP contribution is 2.28. The van der Waals surface area contributed by atoms with Gasteiger partial charge in [-0.05, 0) is 24.3 Å². The molecule has 6 heteroatoms. The van der Waals surface area contributed by atoms with E-state index in [1.54, 1.807) is 26.0 Å². The van der Waals surface area contributed by atoms with Crippen molar-refractivity contribution in [3.05, 3.63) is 50.7 Å². The zero-order valence-electron chi connectivity index (χ0n) is 11.5. The second-order valence-electron chi connectivity index (χ2n) is 4.66. The van der Waals surface area contributed by atoms with Gasteiger partial charge in [-0.15, -0.1) is 11.8 Å². The van der Waals surface area contributed by atoms with Gasteiger partial charge in [0.25, 0.3) is 5.56 Å². The molecule has 0 aliphatic heterocycles. The van der Waals surface area contributed by atoms with E-state index >= 15 is 0 Å². The Morgan fingerprint density at radius 2 is 1.90 bits per heavy atom. The molecule has 2 N–H and O–H groups in total. The number of nitrogens with one attached hydrogen (secondary N) is 1. The van der Waals surface area contributed by atoms with Gasteiger partial charge >= 0.3 is 5.69 Å². The lowest BCUT2D eigenvalue weighted by Gasteiger charge is -2.15. The van der Waals surface area contributed by atoms with Crippen molar-refractivity contribution in [1.29, 1.82) is 0 Å². The molecule has 0 saturated heterocycles. The lowest BCUT2D eigenvalue weighted by Crippen LogP contribution is -2.32. The van der Waals surface area contributed by atoms with Crippen LogP contribution < -0.4 is 11.2 Å². The molecule has 2 rings (SSSR count). The van der Waals surface area contributed by atoms with E-state index in [4.69, 9.17) is 0 Å². The van der Waals surface area contributed by atoms with Crippen molar-refractivity contribution in [3.8, 4) is 11.6 Å². The monoisotopic (exact) mass is 292 g/mol. The van der Waals surface area contributed by atoms with Gasteiger partial charge in [0.2, 0.25) is 5.88 Å². The molecule has 1 heterocycles. The summed E-state index contributed by atoms with van der Waals surface area (Å²) in [4.78, 5) is 27.0. The molecule has 106 valence electrons. The predicted molar refractivity (Wildman–Crippen MR) is 80.2 cm³/mol. The summed E-state index contributed by atoms with van der Waals surface area (Å²) in [5.74, 6) is -0.484. The number of benzene rings is 1. The fraction of sp³-hybridized carbons (Fsp3) is 0.286. The third-order valence-electron chi connectivity index (χ3n) is 3.02. The van der Waals surface area contributed by atoms with Crippen LogP contribution in [0.25, 0.3) is 5.69 Å². The van der Waals surface area contributed by atoms with Crippen molar-refractivity contribution < 1.29 is 5.11 Å². The maximum atomic E-state index is 12.0. The maximum Gasteiger partial charge on any atom is 0.335 e. The fourth-order valence-electron chi connectivity index (χ4n) is 2.10. The van der Waals surface area contributed by atoms with Crippen molar-refractivity contribution in [2.24, 2.45) is 0 Å². The Labute approximate surface area is 120 Å². The molecular weight excluding hydrogens is 276 g/mol. The molecule has 0 unspecified atom stereocenters. The van der Waals surface area contributed by atoms with E-state index in [1.807, 2.05) is 18.4 Å². The van der Waals surface area contributed by atoms with Crippen molar-refractivity contribution >= 4 is 11.8 Å². The van der Waals surface area contributed by atoms with Crippen LogP contribution in [-0.4, -0.2) is 20.9 Å². The van der Waals surface area contributed by atoms with Gasteiger partial charge in [-0.25, -0.2) is 9.36 Å². The summed E-state index contributed by atoms with van der Waals surface area (Å²) in [5, 5.41) is 10.3. The lowest BCUT2D eigenvalue weighted by molar-refractivity contribution is 0.418. The highest BCUT2D eigenvalue weighted by molar-refractivity contribution is 7.98. The summed E-state index contributed by atoms with van der Waals surface area (Å²) in [6.45, 7) is 3.58. The average molecular weight is 292 g/mol. The smallest absolute Gasteiger partial charge is 0.335 e. The van der Waals surface area contributed by atoms with E-state index in [0.717, 1.165) is 9.46 Å². The molecular formula is C14H16N2O3S. The number of H-pyrrole nitrogens is 1. The molecule has 0 amide bonds. The number of para-hydroxylation sites is 1. The maximum absolute atomic E-state index is 12.0. The zero-order chi connectivity index (χ0) is 14.9. The van der Waals surface area contributed by atoms with Gasteiger partial charge in [-0.2, -0.15) is 0 Å². The standard InChI is InChI=1S/C14H16N2O3S/c1-8(2)11-12(17)15-14(19)16(13(11)18)9-6-4-5-7-10(9)20-3/h4-8,18H,1-3H3,(H,15,17,19). The fourth-order valence-corrected chi connectivity index (χ4v) is 2.68. The molecule has 1 aromatic heterocycles. The molecule has 0 aliphatic rings. The number of aromatic amines is 1. The van der Waals surface area contributed by atoms with Gasteiger partial charge in [-0.1, -0.05) is 26.0 Å². The minimum atomic E-state index is -0.640. The molecule has 0 bridgehead atoms. The number of hydrogen-bond donors (Lipinski definition) is 2. The summed E-state index contributed by atoms with van der Waals surface area (Å²) in [6.07, 6.45) is 1.88. The van der Waals surface area contributed by atoms with E-state index in [2.05, 4.69) is 4.98 Å². The third-order valence-corrected chi connectivity index (χ3v) is 3.81. The van der Waals surface area contributed by atoms with E-state index in [9.17, 15) is 14.7 Å². The van der Waals surface area contributed by atoms with Crippen LogP contribution in [0.2, 0.25) is 0 Å². The number of aromatic nitrogens is 2. The molecule has 5 nitrogen and oxygen atoms in total. The number of hydrogen-bond acceptors (Lipinski definition) is 4. The van der Waals surface area contributed by atoms with E-state index < -0.39 is 11.2 Å². The number of thioether (sulfide) groups is 1. The highest BCUT2D eigenvalue weighted by atomic mass is 32.2. The zero-order valence-corrected chi connectivity index (χ0v) is 12.3. The Morgan fingerprint density at radius 1 is 1.25 bits per heavy atom. The SMILES string of the molecule is CSc1ccccc1-n1c(O)c(C(C)C)c(=O)[nH]c1=O. The van der Waals surface area contributed by atoms with Crippen LogP contribution in [0.4, 0.5) is 0 Å². The number of nitrogens with zero attached hydrogens (tertiary/aromatic N) is 1. The number of rotatable bonds is 3. The van der Waals surface area contributed by atoms with Crippen LogP contribution in [0, 0.1) is 0 Å². The molecule has 20 heavy (non-hydrogen) atoms. The quantitative estimate of drug-likeness (QED) is 0.849. The lowest BCUT2D eigenvalue weighted by atomic mass is 10.1. The molecule has 0 aliphatic carbocycles. The van der Waals surface area contributed by atoms with E-state index in [0.29, 0.717) is 5.69 Å². The summed E-state index contributed by atoms with van der Waals surface area (Å²) in [5.41, 5.74) is -0.417. The van der Waals surface area contributed by atoms with Crippen LogP contribution in [0.3, 0.4) is 0 Å². The minimum Gasteiger partial charge on any atom is -0.494 e. The Hall–Kier alpha value is -1.95. The van der Waals surface area contributed by atoms with Crippen LogP contribution in [0.1, 0.15) is 25.3 Å². The van der Waals surface area contributed by atoms with Gasteiger partial charge in [0.1, 0.15) is 0 Å². The average Bonchev–Trinajstić information content (AvgIpc) is 2.38. The Kier molecular flexibility index (Phi) is 4.04. The first-order valence-electron chi connectivity index (χ1n) is 6.19. The molecule has 2 aromatic rings. The van der Waals surface area contributed by atoms with Crippen molar-refractivity contribution in [3.63, 3.8) is 0 Å². The summed E-state index contributed by atoms with van der Waals surface area (Å²) < 4.78 is 1.14. The van der Waals surface area contributed by atoms with Crippen molar-refractivity contribution in [1.82, 2.24) is 9.55 Å². The molecule has 0 fully saturated rings. The summed E-state index contributed by atoms with van der Waals surface area (Å²) in [6, 6.07) is 7.22. The molecule has 0 spiro atoms. The second kappa shape index (κ2) is 5.58. The van der Waals surface area contributed by atoms with Gasteiger partial charge in [0, 0.05) is 4.90 Å². The Bertz CT molecular complexity index is 747. The first-order valence-corrected chi connectivity index (χ1v) is 7.41. The van der Waals surface area contributed by atoms with Gasteiger partial charge in [0.15, 0.2) is 0 Å². The summed E-state index contributed by atoms with van der Waals surface area (Å²) >= 11 is 1.46. The topological polar surface area (TPSA) is 75.1 Å². The predicted octanol–water partition coefficient (Wildman–Crippen LogP) is 2.08. The first-order chi connectivity index (χ1) is 9.47.